The van der Waals surface area contributed by atoms with Crippen LogP contribution in [0.5, 0.6) is 0 Å². The molecule has 0 aliphatic carbocycles. The van der Waals surface area contributed by atoms with Gasteiger partial charge >= 0.3 is 0 Å². The second-order valence-electron chi connectivity index (χ2n) is 5.96. The van der Waals surface area contributed by atoms with Crippen molar-refractivity contribution < 1.29 is 4.79 Å². The molecule has 6 nitrogen and oxygen atoms in total. The van der Waals surface area contributed by atoms with E-state index in [-0.39, 0.29) is 22.6 Å². The summed E-state index contributed by atoms with van der Waals surface area (Å²) in [6.45, 7) is 3.59. The van der Waals surface area contributed by atoms with E-state index in [1.54, 1.807) is 24.3 Å². The van der Waals surface area contributed by atoms with Crippen molar-refractivity contribution in [1.29, 1.82) is 5.26 Å². The molecule has 1 heterocycles. The predicted molar refractivity (Wildman–Crippen MR) is 104 cm³/mol. The maximum absolute atomic E-state index is 12.9. The molecule has 0 bridgehead atoms. The van der Waals surface area contributed by atoms with Crippen LogP contribution in [-0.4, -0.2) is 15.6 Å². The fraction of sp³-hybridized carbons (Fsp3) is 0.143. The number of nitrogens with zero attached hydrogens (tertiary/aromatic N) is 3. The zero-order chi connectivity index (χ0) is 19.4. The minimum absolute atomic E-state index is 0.160. The van der Waals surface area contributed by atoms with E-state index in [9.17, 15) is 9.59 Å². The molecule has 6 heteroatoms. The van der Waals surface area contributed by atoms with E-state index < -0.39 is 0 Å². The Morgan fingerprint density at radius 3 is 2.56 bits per heavy atom. The number of aryl methyl sites for hydroxylation is 1. The Bertz CT molecular complexity index is 1100. The maximum Gasteiger partial charge on any atom is 0.291 e. The molecule has 0 saturated heterocycles. The average Bonchev–Trinajstić information content (AvgIpc) is 2.69. The van der Waals surface area contributed by atoms with E-state index in [2.05, 4.69) is 16.5 Å². The molecule has 3 rings (SSSR count). The molecule has 0 aliphatic rings. The third kappa shape index (κ3) is 3.62. The van der Waals surface area contributed by atoms with Gasteiger partial charge in [0.05, 0.1) is 17.2 Å². The van der Waals surface area contributed by atoms with Crippen LogP contribution in [0.3, 0.4) is 0 Å². The summed E-state index contributed by atoms with van der Waals surface area (Å²) in [5.41, 5.74) is 2.22. The summed E-state index contributed by atoms with van der Waals surface area (Å²) >= 11 is 0. The van der Waals surface area contributed by atoms with Gasteiger partial charge < -0.3 is 5.32 Å². The van der Waals surface area contributed by atoms with E-state index in [4.69, 9.17) is 5.26 Å². The van der Waals surface area contributed by atoms with Gasteiger partial charge in [0, 0.05) is 17.8 Å². The van der Waals surface area contributed by atoms with Crippen LogP contribution in [0.4, 0.5) is 11.4 Å². The number of hydrogen-bond donors (Lipinski definition) is 1. The number of carbonyl (C=O) groups excluding carboxylic acids is 1. The van der Waals surface area contributed by atoms with Crippen LogP contribution in [-0.2, 0) is 6.54 Å². The molecule has 0 spiro atoms. The second kappa shape index (κ2) is 7.67. The molecule has 1 N–H and O–H groups in total. The maximum atomic E-state index is 12.9. The molecule has 0 fully saturated rings. The largest absolute Gasteiger partial charge is 0.350 e. The number of hydrogen-bond acceptors (Lipinski definition) is 5. The van der Waals surface area contributed by atoms with Crippen molar-refractivity contribution in [3.8, 4) is 17.3 Å². The minimum Gasteiger partial charge on any atom is -0.350 e. The highest BCUT2D eigenvalue weighted by atomic mass is 16.1. The molecule has 27 heavy (non-hydrogen) atoms. The van der Waals surface area contributed by atoms with E-state index in [0.717, 1.165) is 5.56 Å². The summed E-state index contributed by atoms with van der Waals surface area (Å²) in [6.07, 6.45) is 0. The molecule has 0 radical (unpaired) electrons. The lowest BCUT2D eigenvalue weighted by atomic mass is 10.0. The molecule has 1 aromatic heterocycles. The van der Waals surface area contributed by atoms with Crippen molar-refractivity contribution >= 4 is 17.2 Å². The van der Waals surface area contributed by atoms with Gasteiger partial charge in [-0.3, -0.25) is 9.59 Å². The zero-order valence-electron chi connectivity index (χ0n) is 15.1. The Balaban J connectivity index is 2.27. The SMILES string of the molecule is CCn1nc(-c2ccccc2)c(C(C)=O)c(Nc2cccc(C#N)c2)c1=O. The average molecular weight is 358 g/mol. The Labute approximate surface area is 156 Å². The van der Waals surface area contributed by atoms with E-state index >= 15 is 0 Å². The van der Waals surface area contributed by atoms with Crippen LogP contribution < -0.4 is 10.9 Å². The highest BCUT2D eigenvalue weighted by Crippen LogP contribution is 2.27. The van der Waals surface area contributed by atoms with Gasteiger partial charge in [-0.1, -0.05) is 36.4 Å². The van der Waals surface area contributed by atoms with Gasteiger partial charge in [-0.25, -0.2) is 4.68 Å². The topological polar surface area (TPSA) is 87.8 Å². The standard InChI is InChI=1S/C21H18N4O2/c1-3-25-21(27)20(23-17-11-7-8-15(12-17)13-22)18(14(2)26)19(24-25)16-9-5-4-6-10-16/h4-12,23H,3H2,1-2H3. The lowest BCUT2D eigenvalue weighted by Crippen LogP contribution is -2.28. The molecule has 134 valence electrons. The lowest BCUT2D eigenvalue weighted by molar-refractivity contribution is 0.101. The number of anilines is 2. The van der Waals surface area contributed by atoms with Gasteiger partial charge in [-0.2, -0.15) is 10.4 Å². The van der Waals surface area contributed by atoms with Gasteiger partial charge in [-0.05, 0) is 32.0 Å². The van der Waals surface area contributed by atoms with Crippen molar-refractivity contribution in [1.82, 2.24) is 9.78 Å². The number of aromatic nitrogens is 2. The molecular formula is C21H18N4O2. The monoisotopic (exact) mass is 358 g/mol. The van der Waals surface area contributed by atoms with E-state index in [1.807, 2.05) is 37.3 Å². The van der Waals surface area contributed by atoms with Crippen molar-refractivity contribution in [3.05, 3.63) is 76.1 Å². The van der Waals surface area contributed by atoms with Gasteiger partial charge in [0.15, 0.2) is 5.78 Å². The summed E-state index contributed by atoms with van der Waals surface area (Å²) in [7, 11) is 0. The summed E-state index contributed by atoms with van der Waals surface area (Å²) in [5, 5.41) is 16.5. The number of Topliss-reactive ketones (excluding diaryl/α,β-unsaturated/α-hetero) is 1. The van der Waals surface area contributed by atoms with Crippen LogP contribution in [0.2, 0.25) is 0 Å². The van der Waals surface area contributed by atoms with E-state index in [0.29, 0.717) is 23.5 Å². The normalized spacial score (nSPS) is 10.3. The Kier molecular flexibility index (Phi) is 5.13. The molecule has 0 unspecified atom stereocenters. The van der Waals surface area contributed by atoms with Gasteiger partial charge in [0.25, 0.3) is 5.56 Å². The summed E-state index contributed by atoms with van der Waals surface area (Å²) < 4.78 is 1.32. The Morgan fingerprint density at radius 1 is 1.19 bits per heavy atom. The Hall–Kier alpha value is -3.72. The van der Waals surface area contributed by atoms with Crippen molar-refractivity contribution in [3.63, 3.8) is 0 Å². The molecule has 0 atom stereocenters. The number of nitrogens with one attached hydrogen (secondary N) is 1. The molecule has 2 aromatic carbocycles. The van der Waals surface area contributed by atoms with Crippen LogP contribution in [0.25, 0.3) is 11.3 Å². The van der Waals surface area contributed by atoms with Crippen LogP contribution >= 0.6 is 0 Å². The first-order valence-electron chi connectivity index (χ1n) is 8.53. The predicted octanol–water partition coefficient (Wildman–Crippen LogP) is 3.75. The van der Waals surface area contributed by atoms with Crippen molar-refractivity contribution in [2.45, 2.75) is 20.4 Å². The quantitative estimate of drug-likeness (QED) is 0.702. The van der Waals surface area contributed by atoms with E-state index in [1.165, 1.54) is 11.6 Å². The summed E-state index contributed by atoms with van der Waals surface area (Å²) in [5.74, 6) is -0.263. The highest BCUT2D eigenvalue weighted by Gasteiger charge is 2.21. The molecular weight excluding hydrogens is 340 g/mol. The summed E-state index contributed by atoms with van der Waals surface area (Å²) in [4.78, 5) is 25.3. The number of carbonyl (C=O) groups is 1. The van der Waals surface area contributed by atoms with Crippen molar-refractivity contribution in [2.75, 3.05) is 5.32 Å². The molecule has 0 saturated carbocycles. The molecule has 0 aliphatic heterocycles. The lowest BCUT2D eigenvalue weighted by Gasteiger charge is -2.16. The first-order valence-corrected chi connectivity index (χ1v) is 8.53. The third-order valence-electron chi connectivity index (χ3n) is 4.12. The zero-order valence-corrected chi connectivity index (χ0v) is 15.1. The Morgan fingerprint density at radius 2 is 1.93 bits per heavy atom. The smallest absolute Gasteiger partial charge is 0.291 e. The first kappa shape index (κ1) is 18.1. The molecule has 3 aromatic rings. The highest BCUT2D eigenvalue weighted by molar-refractivity contribution is 6.05. The number of rotatable bonds is 5. The number of ketones is 1. The van der Waals surface area contributed by atoms with Gasteiger partial charge in [-0.15, -0.1) is 0 Å². The fourth-order valence-corrected chi connectivity index (χ4v) is 2.85. The first-order chi connectivity index (χ1) is 13.0. The summed E-state index contributed by atoms with van der Waals surface area (Å²) in [6, 6.07) is 18.1. The van der Waals surface area contributed by atoms with Crippen LogP contribution in [0.15, 0.2) is 59.4 Å². The van der Waals surface area contributed by atoms with Gasteiger partial charge in [0.1, 0.15) is 11.4 Å². The van der Waals surface area contributed by atoms with Gasteiger partial charge in [0.2, 0.25) is 0 Å². The fourth-order valence-electron chi connectivity index (χ4n) is 2.85. The minimum atomic E-state index is -0.384. The van der Waals surface area contributed by atoms with Crippen molar-refractivity contribution in [2.24, 2.45) is 0 Å². The van der Waals surface area contributed by atoms with Crippen LogP contribution in [0, 0.1) is 11.3 Å². The second-order valence-corrected chi connectivity index (χ2v) is 5.96. The number of nitriles is 1. The van der Waals surface area contributed by atoms with Crippen LogP contribution in [0.1, 0.15) is 29.8 Å². The third-order valence-corrected chi connectivity index (χ3v) is 4.12. The number of benzene rings is 2. The molecule has 0 amide bonds.